The first-order valence-electron chi connectivity index (χ1n) is 7.83. The summed E-state index contributed by atoms with van der Waals surface area (Å²) in [5.74, 6) is 0.897. The van der Waals surface area contributed by atoms with Gasteiger partial charge in [-0.05, 0) is 37.3 Å². The van der Waals surface area contributed by atoms with Crippen LogP contribution in [0.25, 0.3) is 0 Å². The van der Waals surface area contributed by atoms with Crippen molar-refractivity contribution < 1.29 is 9.13 Å². The van der Waals surface area contributed by atoms with E-state index in [4.69, 9.17) is 4.74 Å². The Balaban J connectivity index is 1.91. The van der Waals surface area contributed by atoms with Gasteiger partial charge in [0.25, 0.3) is 0 Å². The second-order valence-electron chi connectivity index (χ2n) is 5.85. The summed E-state index contributed by atoms with van der Waals surface area (Å²) in [6.07, 6.45) is 8.94. The Bertz CT molecular complexity index is 421. The lowest BCUT2D eigenvalue weighted by molar-refractivity contribution is 0.386. The van der Waals surface area contributed by atoms with Crippen molar-refractivity contribution in [2.24, 2.45) is 5.92 Å². The summed E-state index contributed by atoms with van der Waals surface area (Å²) in [6.45, 7) is 2.26. The van der Waals surface area contributed by atoms with Gasteiger partial charge in [-0.2, -0.15) is 0 Å². The Hall–Kier alpha value is -1.25. The van der Waals surface area contributed by atoms with Gasteiger partial charge in [0.15, 0.2) is 11.6 Å². The molecule has 1 aliphatic carbocycles. The highest BCUT2D eigenvalue weighted by molar-refractivity contribution is 5.48. The van der Waals surface area contributed by atoms with Crippen molar-refractivity contribution in [3.8, 4) is 5.75 Å². The van der Waals surface area contributed by atoms with Crippen molar-refractivity contribution in [1.82, 2.24) is 0 Å². The van der Waals surface area contributed by atoms with Crippen molar-refractivity contribution in [3.63, 3.8) is 0 Å². The molecule has 1 saturated carbocycles. The molecule has 0 aromatic heterocycles. The quantitative estimate of drug-likeness (QED) is 0.766. The maximum atomic E-state index is 13.7. The smallest absolute Gasteiger partial charge is 0.167 e. The van der Waals surface area contributed by atoms with E-state index in [1.165, 1.54) is 58.1 Å². The summed E-state index contributed by atoms with van der Waals surface area (Å²) in [5.41, 5.74) is 0.863. The number of ether oxygens (including phenoxy) is 1. The molecule has 1 aromatic carbocycles. The van der Waals surface area contributed by atoms with Crippen LogP contribution >= 0.6 is 0 Å². The Labute approximate surface area is 121 Å². The fourth-order valence-electron chi connectivity index (χ4n) is 3.21. The van der Waals surface area contributed by atoms with Crippen LogP contribution in [0.3, 0.4) is 0 Å². The van der Waals surface area contributed by atoms with E-state index in [1.807, 2.05) is 6.07 Å². The van der Waals surface area contributed by atoms with E-state index in [9.17, 15) is 4.39 Å². The van der Waals surface area contributed by atoms with Crippen LogP contribution in [-0.4, -0.2) is 13.2 Å². The molecule has 2 unspecified atom stereocenters. The van der Waals surface area contributed by atoms with Gasteiger partial charge in [-0.1, -0.05) is 32.6 Å². The highest BCUT2D eigenvalue weighted by Gasteiger charge is 2.18. The topological polar surface area (TPSA) is 21.3 Å². The molecule has 0 radical (unpaired) electrons. The van der Waals surface area contributed by atoms with Gasteiger partial charge in [-0.25, -0.2) is 4.39 Å². The van der Waals surface area contributed by atoms with Gasteiger partial charge in [0.05, 0.1) is 7.11 Å². The molecule has 1 N–H and O–H groups in total. The van der Waals surface area contributed by atoms with Crippen molar-refractivity contribution >= 4 is 5.69 Å². The number of hydrogen-bond acceptors (Lipinski definition) is 2. The zero-order valence-electron chi connectivity index (χ0n) is 12.6. The number of halogens is 1. The maximum absolute atomic E-state index is 13.7. The molecule has 1 aliphatic rings. The normalized spacial score (nSPS) is 23.1. The van der Waals surface area contributed by atoms with Gasteiger partial charge < -0.3 is 10.1 Å². The number of rotatable bonds is 5. The fraction of sp³-hybridized carbons (Fsp3) is 0.647. The van der Waals surface area contributed by atoms with Gasteiger partial charge in [0.1, 0.15) is 0 Å². The molecule has 0 saturated heterocycles. The van der Waals surface area contributed by atoms with Crippen molar-refractivity contribution in [1.29, 1.82) is 0 Å². The summed E-state index contributed by atoms with van der Waals surface area (Å²) >= 11 is 0. The van der Waals surface area contributed by atoms with E-state index in [0.29, 0.717) is 11.8 Å². The molecule has 0 heterocycles. The predicted molar refractivity (Wildman–Crippen MR) is 81.8 cm³/mol. The van der Waals surface area contributed by atoms with Crippen LogP contribution in [0.2, 0.25) is 0 Å². The number of benzene rings is 1. The van der Waals surface area contributed by atoms with E-state index in [-0.39, 0.29) is 5.82 Å². The van der Waals surface area contributed by atoms with Gasteiger partial charge >= 0.3 is 0 Å². The zero-order chi connectivity index (χ0) is 14.4. The minimum atomic E-state index is -0.296. The van der Waals surface area contributed by atoms with Crippen LogP contribution in [0, 0.1) is 11.7 Å². The van der Waals surface area contributed by atoms with Gasteiger partial charge in [-0.15, -0.1) is 0 Å². The summed E-state index contributed by atoms with van der Waals surface area (Å²) in [4.78, 5) is 0. The summed E-state index contributed by atoms with van der Waals surface area (Å²) in [5, 5.41) is 3.48. The Morgan fingerprint density at radius 3 is 2.80 bits per heavy atom. The molecule has 112 valence electrons. The number of hydrogen-bond donors (Lipinski definition) is 1. The third kappa shape index (κ3) is 4.12. The molecule has 0 amide bonds. The van der Waals surface area contributed by atoms with Crippen molar-refractivity contribution in [2.75, 3.05) is 12.4 Å². The molecular weight excluding hydrogens is 253 g/mol. The van der Waals surface area contributed by atoms with Crippen LogP contribution in [0.15, 0.2) is 18.2 Å². The first-order valence-corrected chi connectivity index (χ1v) is 7.83. The molecule has 1 aromatic rings. The van der Waals surface area contributed by atoms with Crippen LogP contribution in [0.5, 0.6) is 5.75 Å². The lowest BCUT2D eigenvalue weighted by atomic mass is 9.95. The molecule has 0 bridgehead atoms. The second kappa shape index (κ2) is 7.51. The zero-order valence-corrected chi connectivity index (χ0v) is 12.6. The standard InChI is InChI=1S/C17H26FNO/c1-3-5-13-6-4-7-14(9-8-13)19-15-10-11-17(20-2)16(18)12-15/h10-14,19H,3-9H2,1-2H3. The lowest BCUT2D eigenvalue weighted by Crippen LogP contribution is -2.18. The second-order valence-corrected chi connectivity index (χ2v) is 5.85. The first kappa shape index (κ1) is 15.1. The monoisotopic (exact) mass is 279 g/mol. The van der Waals surface area contributed by atoms with Gasteiger partial charge in [0.2, 0.25) is 0 Å². The Morgan fingerprint density at radius 1 is 1.25 bits per heavy atom. The third-order valence-electron chi connectivity index (χ3n) is 4.31. The van der Waals surface area contributed by atoms with E-state index < -0.39 is 0 Å². The van der Waals surface area contributed by atoms with Gasteiger partial charge in [0, 0.05) is 17.8 Å². The molecule has 0 spiro atoms. The van der Waals surface area contributed by atoms with E-state index in [0.717, 1.165) is 11.6 Å². The summed E-state index contributed by atoms with van der Waals surface area (Å²) in [7, 11) is 1.49. The summed E-state index contributed by atoms with van der Waals surface area (Å²) in [6, 6.07) is 5.60. The van der Waals surface area contributed by atoms with Crippen LogP contribution < -0.4 is 10.1 Å². The van der Waals surface area contributed by atoms with Crippen LogP contribution in [0.1, 0.15) is 51.9 Å². The SMILES string of the molecule is CCCC1CCCC(Nc2ccc(OC)c(F)c2)CC1. The molecule has 1 fully saturated rings. The predicted octanol–water partition coefficient (Wildman–Crippen LogP) is 5.00. The van der Waals surface area contributed by atoms with Crippen LogP contribution in [-0.2, 0) is 0 Å². The highest BCUT2D eigenvalue weighted by atomic mass is 19.1. The molecular formula is C17H26FNO. The number of nitrogens with one attached hydrogen (secondary N) is 1. The lowest BCUT2D eigenvalue weighted by Gasteiger charge is -2.18. The maximum Gasteiger partial charge on any atom is 0.167 e. The number of methoxy groups -OCH3 is 1. The van der Waals surface area contributed by atoms with Gasteiger partial charge in [-0.3, -0.25) is 0 Å². The molecule has 2 nitrogen and oxygen atoms in total. The molecule has 20 heavy (non-hydrogen) atoms. The Morgan fingerprint density at radius 2 is 2.10 bits per heavy atom. The van der Waals surface area contributed by atoms with E-state index in [2.05, 4.69) is 12.2 Å². The van der Waals surface area contributed by atoms with E-state index in [1.54, 1.807) is 6.07 Å². The van der Waals surface area contributed by atoms with Crippen molar-refractivity contribution in [3.05, 3.63) is 24.0 Å². The molecule has 3 heteroatoms. The molecule has 0 aliphatic heterocycles. The average Bonchev–Trinajstić information content (AvgIpc) is 2.65. The minimum absolute atomic E-state index is 0.296. The van der Waals surface area contributed by atoms with E-state index >= 15 is 0 Å². The Kier molecular flexibility index (Phi) is 5.69. The average molecular weight is 279 g/mol. The summed E-state index contributed by atoms with van der Waals surface area (Å²) < 4.78 is 18.6. The molecule has 2 atom stereocenters. The molecule has 2 rings (SSSR count). The first-order chi connectivity index (χ1) is 9.72. The van der Waals surface area contributed by atoms with Crippen molar-refractivity contribution in [2.45, 2.75) is 57.9 Å². The number of anilines is 1. The van der Waals surface area contributed by atoms with Crippen LogP contribution in [0.4, 0.5) is 10.1 Å². The minimum Gasteiger partial charge on any atom is -0.494 e. The highest BCUT2D eigenvalue weighted by Crippen LogP contribution is 2.29. The third-order valence-corrected chi connectivity index (χ3v) is 4.31. The fourth-order valence-corrected chi connectivity index (χ4v) is 3.21. The largest absolute Gasteiger partial charge is 0.494 e.